The van der Waals surface area contributed by atoms with Crippen molar-refractivity contribution in [2.24, 2.45) is 11.8 Å². The maximum atomic E-state index is 2.40. The summed E-state index contributed by atoms with van der Waals surface area (Å²) < 4.78 is 0. The highest BCUT2D eigenvalue weighted by Gasteiger charge is 2.32. The van der Waals surface area contributed by atoms with E-state index in [0.717, 1.165) is 20.4 Å². The van der Waals surface area contributed by atoms with Crippen LogP contribution in [0.2, 0.25) is 0 Å². The molecule has 0 amide bonds. The van der Waals surface area contributed by atoms with Gasteiger partial charge in [-0.3, -0.25) is 0 Å². The van der Waals surface area contributed by atoms with Crippen LogP contribution in [0.5, 0.6) is 0 Å². The molecule has 0 fully saturated rings. The van der Waals surface area contributed by atoms with Crippen molar-refractivity contribution in [1.29, 1.82) is 0 Å². The van der Waals surface area contributed by atoms with Gasteiger partial charge < -0.3 is 0 Å². The summed E-state index contributed by atoms with van der Waals surface area (Å²) in [6.07, 6.45) is 0. The average Bonchev–Trinajstić information content (AvgIpc) is 1.83. The van der Waals surface area contributed by atoms with Crippen molar-refractivity contribution in [1.82, 2.24) is 0 Å². The van der Waals surface area contributed by atoms with Crippen LogP contribution < -0.4 is 0 Å². The minimum absolute atomic E-state index is 0.494. The van der Waals surface area contributed by atoms with Crippen molar-refractivity contribution < 1.29 is 0 Å². The zero-order chi connectivity index (χ0) is 10.9. The Morgan fingerprint density at radius 2 is 0.923 bits per heavy atom. The summed E-state index contributed by atoms with van der Waals surface area (Å²) in [5, 5.41) is 0.988. The third kappa shape index (κ3) is 3.98. The predicted molar refractivity (Wildman–Crippen MR) is 66.1 cm³/mol. The molecule has 0 nitrogen and oxygen atoms in total. The molecule has 0 saturated heterocycles. The summed E-state index contributed by atoms with van der Waals surface area (Å²) in [6.45, 7) is 19.0. The van der Waals surface area contributed by atoms with E-state index in [2.05, 4.69) is 55.4 Å². The molecule has 1 heteroatoms. The highest BCUT2D eigenvalue weighted by atomic mass is 31.1. The molecule has 0 aromatic rings. The van der Waals surface area contributed by atoms with Crippen LogP contribution in [0.25, 0.3) is 0 Å². The lowest BCUT2D eigenvalue weighted by Gasteiger charge is -2.40. The molecule has 0 aliphatic heterocycles. The van der Waals surface area contributed by atoms with Gasteiger partial charge in [0, 0.05) is 0 Å². The fourth-order valence-electron chi connectivity index (χ4n) is 1.12. The van der Waals surface area contributed by atoms with E-state index >= 15 is 0 Å². The molecule has 80 valence electrons. The second-order valence-electron chi connectivity index (χ2n) is 5.88. The van der Waals surface area contributed by atoms with Crippen LogP contribution in [0.1, 0.15) is 55.4 Å². The van der Waals surface area contributed by atoms with E-state index < -0.39 is 0 Å². The van der Waals surface area contributed by atoms with Crippen molar-refractivity contribution in [3.63, 3.8) is 0 Å². The Kier molecular flexibility index (Phi) is 4.44. The van der Waals surface area contributed by atoms with Crippen LogP contribution in [0.3, 0.4) is 0 Å². The Hall–Kier alpha value is 0.430. The Balaban J connectivity index is 4.42. The molecular weight excluding hydrogens is 175 g/mol. The van der Waals surface area contributed by atoms with Gasteiger partial charge in [-0.15, -0.1) is 8.58 Å². The van der Waals surface area contributed by atoms with E-state index in [-0.39, 0.29) is 0 Å². The molecule has 0 rings (SSSR count). The van der Waals surface area contributed by atoms with Crippen molar-refractivity contribution in [3.8, 4) is 0 Å². The van der Waals surface area contributed by atoms with Crippen LogP contribution in [-0.4, -0.2) is 10.3 Å². The first-order valence-corrected chi connectivity index (χ1v) is 6.39. The van der Waals surface area contributed by atoms with Gasteiger partial charge in [-0.05, 0) is 22.1 Å². The van der Waals surface area contributed by atoms with Crippen molar-refractivity contribution in [2.45, 2.75) is 65.7 Å². The smallest absolute Gasteiger partial charge is 0.0151 e. The van der Waals surface area contributed by atoms with Gasteiger partial charge >= 0.3 is 0 Å². The molecule has 13 heavy (non-hydrogen) atoms. The zero-order valence-electron chi connectivity index (χ0n) is 10.7. The summed E-state index contributed by atoms with van der Waals surface area (Å²) in [4.78, 5) is 0. The van der Waals surface area contributed by atoms with Crippen molar-refractivity contribution in [3.05, 3.63) is 0 Å². The maximum Gasteiger partial charge on any atom is -0.0151 e. The van der Waals surface area contributed by atoms with Crippen LogP contribution in [0, 0.1) is 11.8 Å². The summed E-state index contributed by atoms with van der Waals surface area (Å²) in [5.74, 6) is 1.56. The molecule has 0 aliphatic carbocycles. The zero-order valence-corrected chi connectivity index (χ0v) is 11.7. The van der Waals surface area contributed by atoms with E-state index in [9.17, 15) is 0 Å². The van der Waals surface area contributed by atoms with Gasteiger partial charge in [0.05, 0.1) is 0 Å². The van der Waals surface area contributed by atoms with E-state index in [1.165, 1.54) is 0 Å². The second kappa shape index (κ2) is 4.30. The van der Waals surface area contributed by atoms with Gasteiger partial charge in [-0.1, -0.05) is 55.4 Å². The number of hydrogen-bond acceptors (Lipinski definition) is 0. The minimum Gasteiger partial charge on any atom is -0.110 e. The first-order chi connectivity index (χ1) is 5.59. The molecule has 0 unspecified atom stereocenters. The molecule has 0 aromatic carbocycles. The van der Waals surface area contributed by atoms with Crippen molar-refractivity contribution in [2.75, 3.05) is 0 Å². The van der Waals surface area contributed by atoms with Gasteiger partial charge in [0.25, 0.3) is 0 Å². The summed E-state index contributed by atoms with van der Waals surface area (Å²) in [6, 6.07) is 0. The van der Waals surface area contributed by atoms with Crippen LogP contribution >= 0.6 is 8.58 Å². The van der Waals surface area contributed by atoms with Gasteiger partial charge in [-0.25, -0.2) is 0 Å². The standard InChI is InChI=1S/C12H27P/c1-9(2)11(5,6)13-12(7,8)10(3)4/h9-10,13H,1-8H3. The van der Waals surface area contributed by atoms with E-state index in [1.807, 2.05) is 0 Å². The third-order valence-electron chi connectivity index (χ3n) is 3.53. The van der Waals surface area contributed by atoms with Crippen molar-refractivity contribution >= 4 is 8.58 Å². The average molecular weight is 202 g/mol. The van der Waals surface area contributed by atoms with Gasteiger partial charge in [0.1, 0.15) is 0 Å². The van der Waals surface area contributed by atoms with Gasteiger partial charge in [0.2, 0.25) is 0 Å². The van der Waals surface area contributed by atoms with E-state index in [4.69, 9.17) is 0 Å². The number of hydrogen-bond donors (Lipinski definition) is 0. The fraction of sp³-hybridized carbons (Fsp3) is 1.00. The van der Waals surface area contributed by atoms with Crippen LogP contribution in [0.15, 0.2) is 0 Å². The first-order valence-electron chi connectivity index (χ1n) is 5.39. The molecule has 0 heterocycles. The molecule has 0 aromatic heterocycles. The second-order valence-corrected chi connectivity index (χ2v) is 8.71. The Bertz CT molecular complexity index is 137. The Labute approximate surface area is 86.7 Å². The monoisotopic (exact) mass is 202 g/mol. The SMILES string of the molecule is CC(C)C(C)(C)PC(C)(C)C(C)C. The summed E-state index contributed by atoms with van der Waals surface area (Å²) >= 11 is 0. The normalized spacial score (nSPS) is 14.3. The Morgan fingerprint density at radius 1 is 0.692 bits per heavy atom. The number of rotatable bonds is 4. The molecule has 0 aliphatic rings. The highest BCUT2D eigenvalue weighted by molar-refractivity contribution is 7.41. The molecular formula is C12H27P. The van der Waals surface area contributed by atoms with Crippen LogP contribution in [-0.2, 0) is 0 Å². The molecule has 0 N–H and O–H groups in total. The molecule has 0 radical (unpaired) electrons. The minimum atomic E-state index is 0.494. The summed E-state index contributed by atoms with van der Waals surface area (Å²) in [5.41, 5.74) is 0. The van der Waals surface area contributed by atoms with E-state index in [0.29, 0.717) is 10.3 Å². The molecule has 0 bridgehead atoms. The largest absolute Gasteiger partial charge is 0.110 e. The topological polar surface area (TPSA) is 0 Å². The lowest BCUT2D eigenvalue weighted by molar-refractivity contribution is 0.453. The fourth-order valence-corrected chi connectivity index (χ4v) is 3.36. The lowest BCUT2D eigenvalue weighted by atomic mass is 9.98. The van der Waals surface area contributed by atoms with Gasteiger partial charge in [-0.2, -0.15) is 0 Å². The lowest BCUT2D eigenvalue weighted by Crippen LogP contribution is -2.31. The molecule has 0 saturated carbocycles. The maximum absolute atomic E-state index is 2.40. The molecule has 0 atom stereocenters. The first kappa shape index (κ1) is 13.4. The Morgan fingerprint density at radius 3 is 1.08 bits per heavy atom. The third-order valence-corrected chi connectivity index (χ3v) is 5.97. The summed E-state index contributed by atoms with van der Waals surface area (Å²) in [7, 11) is 1.05. The highest BCUT2D eigenvalue weighted by Crippen LogP contribution is 2.50. The quantitative estimate of drug-likeness (QED) is 0.587. The van der Waals surface area contributed by atoms with Crippen LogP contribution in [0.4, 0.5) is 0 Å². The predicted octanol–water partition coefficient (Wildman–Crippen LogP) is 4.53. The van der Waals surface area contributed by atoms with Gasteiger partial charge in [0.15, 0.2) is 0 Å². The van der Waals surface area contributed by atoms with E-state index in [1.54, 1.807) is 0 Å². The molecule has 0 spiro atoms.